The van der Waals surface area contributed by atoms with Crippen LogP contribution in [0.5, 0.6) is 5.75 Å². The zero-order valence-electron chi connectivity index (χ0n) is 13.5. The fraction of sp³-hybridized carbons (Fsp3) is 0.143. The lowest BCUT2D eigenvalue weighted by molar-refractivity contribution is -0.116. The van der Waals surface area contributed by atoms with Gasteiger partial charge in [0.25, 0.3) is 0 Å². The first-order valence-corrected chi connectivity index (χ1v) is 7.75. The molecule has 0 aromatic heterocycles. The van der Waals surface area contributed by atoms with Crippen LogP contribution < -0.4 is 4.74 Å². The quantitative estimate of drug-likeness (QED) is 0.613. The molecule has 0 atom stereocenters. The maximum Gasteiger partial charge on any atom is 0.187 e. The zero-order valence-corrected chi connectivity index (χ0v) is 13.5. The van der Waals surface area contributed by atoms with Crippen molar-refractivity contribution >= 4 is 22.2 Å². The van der Waals surface area contributed by atoms with Crippen molar-refractivity contribution < 1.29 is 9.53 Å². The van der Waals surface area contributed by atoms with Gasteiger partial charge in [-0.1, -0.05) is 48.5 Å². The molecule has 3 aromatic rings. The first-order valence-electron chi connectivity index (χ1n) is 7.75. The number of benzene rings is 3. The minimum absolute atomic E-state index is 0.165. The molecule has 3 rings (SSSR count). The Morgan fingerprint density at radius 1 is 0.958 bits per heavy atom. The molecule has 0 fully saturated rings. The Morgan fingerprint density at radius 2 is 1.62 bits per heavy atom. The van der Waals surface area contributed by atoms with E-state index in [1.54, 1.807) is 19.1 Å². The summed E-state index contributed by atoms with van der Waals surface area (Å²) in [7, 11) is 0. The largest absolute Gasteiger partial charge is 0.489 e. The van der Waals surface area contributed by atoms with Crippen LogP contribution in [-0.4, -0.2) is 5.78 Å². The predicted octanol–water partition coefficient (Wildman–Crippen LogP) is 5.10. The predicted molar refractivity (Wildman–Crippen MR) is 95.4 cm³/mol. The molecule has 24 heavy (non-hydrogen) atoms. The van der Waals surface area contributed by atoms with Crippen molar-refractivity contribution in [2.45, 2.75) is 20.0 Å². The van der Waals surface area contributed by atoms with Gasteiger partial charge < -0.3 is 4.74 Å². The number of ether oxygens (including phenoxy) is 1. The van der Waals surface area contributed by atoms with E-state index < -0.39 is 0 Å². The van der Waals surface area contributed by atoms with Gasteiger partial charge in [0, 0.05) is 6.42 Å². The highest BCUT2D eigenvalue weighted by Gasteiger charge is 2.02. The van der Waals surface area contributed by atoms with Crippen molar-refractivity contribution in [3.05, 3.63) is 83.2 Å². The molecule has 0 aliphatic carbocycles. The van der Waals surface area contributed by atoms with Crippen LogP contribution in [0.25, 0.3) is 15.6 Å². The van der Waals surface area contributed by atoms with E-state index in [0.717, 1.165) is 27.6 Å². The van der Waals surface area contributed by atoms with Crippen molar-refractivity contribution in [2.75, 3.05) is 0 Å². The first-order chi connectivity index (χ1) is 11.6. The van der Waals surface area contributed by atoms with Crippen LogP contribution in [0.1, 0.15) is 18.1 Å². The van der Waals surface area contributed by atoms with Gasteiger partial charge in [-0.15, -0.1) is 0 Å². The molecule has 0 N–H and O–H groups in total. The van der Waals surface area contributed by atoms with Gasteiger partial charge in [-0.2, -0.15) is 0 Å². The van der Waals surface area contributed by atoms with Crippen molar-refractivity contribution in [2.24, 2.45) is 0 Å². The summed E-state index contributed by atoms with van der Waals surface area (Å²) in [6.07, 6.45) is 0.467. The second-order valence-electron chi connectivity index (χ2n) is 5.79. The Balaban J connectivity index is 1.73. The molecule has 0 bridgehead atoms. The highest BCUT2D eigenvalue weighted by Crippen LogP contribution is 2.23. The molecule has 3 heteroatoms. The standard InChI is InChI=1S/C21H17NO2/c1-15(23)11-17-3-6-19-13-21(10-7-18(19)12-17)24-14-16-4-8-20(22-2)9-5-16/h3-10,12-13H,11,14H2,1H3. The summed E-state index contributed by atoms with van der Waals surface area (Å²) in [5.41, 5.74) is 2.69. The lowest BCUT2D eigenvalue weighted by Gasteiger charge is -2.08. The molecule has 0 heterocycles. The summed E-state index contributed by atoms with van der Waals surface area (Å²) in [5.74, 6) is 0.967. The molecule has 118 valence electrons. The van der Waals surface area contributed by atoms with Gasteiger partial charge in [0.1, 0.15) is 18.1 Å². The third-order valence-corrected chi connectivity index (χ3v) is 3.80. The fourth-order valence-corrected chi connectivity index (χ4v) is 2.59. The molecule has 0 aliphatic heterocycles. The number of hydrogen-bond donors (Lipinski definition) is 0. The van der Waals surface area contributed by atoms with E-state index >= 15 is 0 Å². The second-order valence-corrected chi connectivity index (χ2v) is 5.79. The number of hydrogen-bond acceptors (Lipinski definition) is 2. The normalized spacial score (nSPS) is 10.3. The number of rotatable bonds is 5. The molecule has 3 nitrogen and oxygen atoms in total. The molecule has 0 amide bonds. The van der Waals surface area contributed by atoms with Gasteiger partial charge >= 0.3 is 0 Å². The van der Waals surface area contributed by atoms with Crippen LogP contribution in [0.15, 0.2) is 60.7 Å². The van der Waals surface area contributed by atoms with Gasteiger partial charge in [0.15, 0.2) is 5.69 Å². The van der Waals surface area contributed by atoms with Crippen LogP contribution >= 0.6 is 0 Å². The van der Waals surface area contributed by atoms with Crippen LogP contribution in [0.4, 0.5) is 5.69 Å². The molecule has 0 unspecified atom stereocenters. The minimum atomic E-state index is 0.165. The number of carbonyl (C=O) groups excluding carboxylic acids is 1. The fourth-order valence-electron chi connectivity index (χ4n) is 2.59. The Labute approximate surface area is 141 Å². The Kier molecular flexibility index (Phi) is 4.58. The van der Waals surface area contributed by atoms with E-state index in [1.165, 1.54) is 0 Å². The maximum absolute atomic E-state index is 11.2. The first kappa shape index (κ1) is 15.8. The van der Waals surface area contributed by atoms with Crippen molar-refractivity contribution in [3.8, 4) is 5.75 Å². The van der Waals surface area contributed by atoms with Crippen molar-refractivity contribution in [1.29, 1.82) is 0 Å². The third kappa shape index (κ3) is 3.80. The summed E-state index contributed by atoms with van der Waals surface area (Å²) in [6.45, 7) is 9.02. The van der Waals surface area contributed by atoms with E-state index in [2.05, 4.69) is 4.85 Å². The van der Waals surface area contributed by atoms with Crippen molar-refractivity contribution in [1.82, 2.24) is 0 Å². The average Bonchev–Trinajstić information content (AvgIpc) is 2.60. The van der Waals surface area contributed by atoms with Gasteiger partial charge in [-0.25, -0.2) is 4.85 Å². The summed E-state index contributed by atoms with van der Waals surface area (Å²) in [4.78, 5) is 14.6. The minimum Gasteiger partial charge on any atom is -0.489 e. The number of nitrogens with zero attached hydrogens (tertiary/aromatic N) is 1. The molecule has 0 spiro atoms. The third-order valence-electron chi connectivity index (χ3n) is 3.80. The molecule has 0 saturated carbocycles. The van der Waals surface area contributed by atoms with E-state index in [1.807, 2.05) is 48.5 Å². The molecular weight excluding hydrogens is 298 g/mol. The molecule has 0 saturated heterocycles. The zero-order chi connectivity index (χ0) is 16.9. The lowest BCUT2D eigenvalue weighted by Crippen LogP contribution is -1.96. The van der Waals surface area contributed by atoms with E-state index in [4.69, 9.17) is 11.3 Å². The van der Waals surface area contributed by atoms with E-state index in [0.29, 0.717) is 18.7 Å². The van der Waals surface area contributed by atoms with Gasteiger partial charge in [-0.3, -0.25) is 4.79 Å². The SMILES string of the molecule is [C-]#[N+]c1ccc(COc2ccc3cc(CC(C)=O)ccc3c2)cc1. The molecule has 3 aromatic carbocycles. The number of fused-ring (bicyclic) bond motifs is 1. The molecule has 0 radical (unpaired) electrons. The van der Waals surface area contributed by atoms with Crippen LogP contribution in [0.3, 0.4) is 0 Å². The summed E-state index contributed by atoms with van der Waals surface area (Å²) in [6, 6.07) is 19.4. The molecule has 0 aliphatic rings. The maximum atomic E-state index is 11.2. The number of Topliss-reactive ketones (excluding diaryl/α,β-unsaturated/α-hetero) is 1. The van der Waals surface area contributed by atoms with Crippen LogP contribution in [0, 0.1) is 6.57 Å². The average molecular weight is 315 g/mol. The van der Waals surface area contributed by atoms with Crippen LogP contribution in [-0.2, 0) is 17.8 Å². The summed E-state index contributed by atoms with van der Waals surface area (Å²) < 4.78 is 5.84. The number of ketones is 1. The lowest BCUT2D eigenvalue weighted by atomic mass is 10.0. The molecular formula is C21H17NO2. The summed E-state index contributed by atoms with van der Waals surface area (Å²) in [5, 5.41) is 2.19. The Hall–Kier alpha value is -3.12. The smallest absolute Gasteiger partial charge is 0.187 e. The summed E-state index contributed by atoms with van der Waals surface area (Å²) >= 11 is 0. The van der Waals surface area contributed by atoms with E-state index in [-0.39, 0.29) is 5.78 Å². The highest BCUT2D eigenvalue weighted by atomic mass is 16.5. The van der Waals surface area contributed by atoms with E-state index in [9.17, 15) is 4.79 Å². The van der Waals surface area contributed by atoms with Gasteiger partial charge in [0.05, 0.1) is 6.57 Å². The topological polar surface area (TPSA) is 30.7 Å². The number of carbonyl (C=O) groups is 1. The monoisotopic (exact) mass is 315 g/mol. The second kappa shape index (κ2) is 6.97. The van der Waals surface area contributed by atoms with Crippen LogP contribution in [0.2, 0.25) is 0 Å². The van der Waals surface area contributed by atoms with Crippen molar-refractivity contribution in [3.63, 3.8) is 0 Å². The Bertz CT molecular complexity index is 921. The Morgan fingerprint density at radius 3 is 2.33 bits per heavy atom. The van der Waals surface area contributed by atoms with Gasteiger partial charge in [-0.05, 0) is 41.0 Å². The van der Waals surface area contributed by atoms with Gasteiger partial charge in [0.2, 0.25) is 0 Å². The highest BCUT2D eigenvalue weighted by molar-refractivity contribution is 5.86.